The number of fused-ring (bicyclic) bond motifs is 1. The van der Waals surface area contributed by atoms with E-state index in [4.69, 9.17) is 0 Å². The number of hydrogen-bond acceptors (Lipinski definition) is 3. The van der Waals surface area contributed by atoms with Gasteiger partial charge in [-0.2, -0.15) is 0 Å². The van der Waals surface area contributed by atoms with Gasteiger partial charge in [-0.05, 0) is 31.0 Å². The number of aryl methyl sites for hydroxylation is 2. The van der Waals surface area contributed by atoms with Crippen molar-refractivity contribution in [2.24, 2.45) is 7.05 Å². The first-order valence-electron chi connectivity index (χ1n) is 6.41. The summed E-state index contributed by atoms with van der Waals surface area (Å²) >= 11 is 0. The second-order valence-corrected chi connectivity index (χ2v) is 4.89. The van der Waals surface area contributed by atoms with E-state index in [1.54, 1.807) is 0 Å². The predicted molar refractivity (Wildman–Crippen MR) is 70.3 cm³/mol. The second-order valence-electron chi connectivity index (χ2n) is 4.89. The maximum atomic E-state index is 4.04. The number of likely N-dealkylation sites (N-methyl/N-ethyl adjacent to an activating group) is 1. The Balaban J connectivity index is 1.98. The molecule has 0 amide bonds. The van der Waals surface area contributed by atoms with Crippen molar-refractivity contribution in [2.75, 3.05) is 7.05 Å². The summed E-state index contributed by atoms with van der Waals surface area (Å²) < 4.78 is 1.86. The van der Waals surface area contributed by atoms with Crippen LogP contribution in [0.4, 0.5) is 0 Å². The summed E-state index contributed by atoms with van der Waals surface area (Å²) in [5, 5.41) is 11.5. The summed E-state index contributed by atoms with van der Waals surface area (Å²) in [5.41, 5.74) is 4.11. The summed E-state index contributed by atoms with van der Waals surface area (Å²) in [7, 11) is 3.96. The molecule has 4 heteroatoms. The predicted octanol–water partition coefficient (Wildman–Crippen LogP) is 1.81. The molecule has 2 aromatic rings. The molecule has 94 valence electrons. The topological polar surface area (TPSA) is 42.7 Å². The highest BCUT2D eigenvalue weighted by atomic mass is 15.4. The van der Waals surface area contributed by atoms with Gasteiger partial charge in [-0.15, -0.1) is 5.10 Å². The van der Waals surface area contributed by atoms with Gasteiger partial charge >= 0.3 is 0 Å². The van der Waals surface area contributed by atoms with Gasteiger partial charge in [0.1, 0.15) is 0 Å². The van der Waals surface area contributed by atoms with Crippen LogP contribution in [0.1, 0.15) is 35.2 Å². The van der Waals surface area contributed by atoms with E-state index in [1.165, 1.54) is 24.0 Å². The number of nitrogens with zero attached hydrogens (tertiary/aromatic N) is 3. The molecular formula is C14H18N4. The van der Waals surface area contributed by atoms with Crippen molar-refractivity contribution in [3.05, 3.63) is 47.3 Å². The van der Waals surface area contributed by atoms with Crippen LogP contribution in [-0.4, -0.2) is 22.0 Å². The molecule has 1 N–H and O–H groups in total. The number of benzene rings is 1. The van der Waals surface area contributed by atoms with Crippen LogP contribution in [0.3, 0.4) is 0 Å². The minimum absolute atomic E-state index is 0.286. The van der Waals surface area contributed by atoms with Crippen molar-refractivity contribution in [1.82, 2.24) is 20.3 Å². The first-order chi connectivity index (χ1) is 8.81. The highest BCUT2D eigenvalue weighted by Crippen LogP contribution is 2.40. The van der Waals surface area contributed by atoms with Gasteiger partial charge in [-0.1, -0.05) is 29.5 Å². The molecule has 0 aliphatic heterocycles. The number of aromatic nitrogens is 3. The maximum Gasteiger partial charge on any atom is 0.0759 e. The molecule has 1 aromatic carbocycles. The molecule has 2 unspecified atom stereocenters. The Bertz CT molecular complexity index is 546. The van der Waals surface area contributed by atoms with Gasteiger partial charge < -0.3 is 5.32 Å². The molecule has 4 nitrogen and oxygen atoms in total. The van der Waals surface area contributed by atoms with E-state index in [2.05, 4.69) is 39.9 Å². The Kier molecular flexibility index (Phi) is 2.88. The van der Waals surface area contributed by atoms with Crippen LogP contribution in [0.15, 0.2) is 30.5 Å². The fourth-order valence-corrected chi connectivity index (χ4v) is 3.07. The Morgan fingerprint density at radius 1 is 1.39 bits per heavy atom. The molecule has 1 aliphatic carbocycles. The smallest absolute Gasteiger partial charge is 0.0759 e. The van der Waals surface area contributed by atoms with Crippen LogP contribution in [-0.2, 0) is 13.5 Å². The molecule has 1 aromatic heterocycles. The van der Waals surface area contributed by atoms with Crippen LogP contribution in [0.5, 0.6) is 0 Å². The molecule has 0 saturated carbocycles. The average molecular weight is 242 g/mol. The zero-order valence-corrected chi connectivity index (χ0v) is 10.8. The standard InChI is InChI=1S/C14H18N4/c1-15-14(13-9-16-17-18(13)2)12-8-7-10-5-3-4-6-11(10)12/h3-6,9,12,14-15H,7-8H2,1-2H3. The fraction of sp³-hybridized carbons (Fsp3) is 0.429. The van der Waals surface area contributed by atoms with Gasteiger partial charge in [-0.25, -0.2) is 0 Å². The number of hydrogen-bond donors (Lipinski definition) is 1. The molecule has 0 fully saturated rings. The van der Waals surface area contributed by atoms with Gasteiger partial charge in [0.2, 0.25) is 0 Å². The van der Waals surface area contributed by atoms with Gasteiger partial charge in [-0.3, -0.25) is 4.68 Å². The molecule has 1 aliphatic rings. The highest BCUT2D eigenvalue weighted by Gasteiger charge is 2.31. The van der Waals surface area contributed by atoms with Crippen molar-refractivity contribution >= 4 is 0 Å². The summed E-state index contributed by atoms with van der Waals surface area (Å²) in [6, 6.07) is 9.03. The zero-order valence-electron chi connectivity index (χ0n) is 10.8. The molecule has 0 radical (unpaired) electrons. The zero-order chi connectivity index (χ0) is 12.5. The molecule has 0 bridgehead atoms. The minimum Gasteiger partial charge on any atom is -0.311 e. The quantitative estimate of drug-likeness (QED) is 0.892. The third-order valence-electron chi connectivity index (χ3n) is 3.96. The summed E-state index contributed by atoms with van der Waals surface area (Å²) in [6.45, 7) is 0. The lowest BCUT2D eigenvalue weighted by Gasteiger charge is -2.23. The first kappa shape index (κ1) is 11.4. The van der Waals surface area contributed by atoms with Crippen LogP contribution >= 0.6 is 0 Å². The van der Waals surface area contributed by atoms with E-state index in [1.807, 2.05) is 25.0 Å². The summed E-state index contributed by atoms with van der Waals surface area (Å²) in [5.74, 6) is 0.517. The molecule has 3 rings (SSSR count). The van der Waals surface area contributed by atoms with E-state index in [0.29, 0.717) is 5.92 Å². The van der Waals surface area contributed by atoms with Gasteiger partial charge in [0.25, 0.3) is 0 Å². The Morgan fingerprint density at radius 3 is 2.94 bits per heavy atom. The van der Waals surface area contributed by atoms with Gasteiger partial charge in [0.15, 0.2) is 0 Å². The summed E-state index contributed by atoms with van der Waals surface area (Å²) in [6.07, 6.45) is 4.22. The lowest BCUT2D eigenvalue weighted by molar-refractivity contribution is 0.447. The van der Waals surface area contributed by atoms with E-state index in [0.717, 1.165) is 5.69 Å². The molecule has 0 saturated heterocycles. The monoisotopic (exact) mass is 242 g/mol. The fourth-order valence-electron chi connectivity index (χ4n) is 3.07. The maximum absolute atomic E-state index is 4.04. The van der Waals surface area contributed by atoms with Crippen molar-refractivity contribution in [3.63, 3.8) is 0 Å². The lowest BCUT2D eigenvalue weighted by atomic mass is 9.91. The molecule has 18 heavy (non-hydrogen) atoms. The van der Waals surface area contributed by atoms with Crippen molar-refractivity contribution in [1.29, 1.82) is 0 Å². The van der Waals surface area contributed by atoms with Crippen molar-refractivity contribution in [3.8, 4) is 0 Å². The van der Waals surface area contributed by atoms with Crippen LogP contribution in [0.2, 0.25) is 0 Å². The Morgan fingerprint density at radius 2 is 2.22 bits per heavy atom. The molecule has 0 spiro atoms. The van der Waals surface area contributed by atoms with Crippen LogP contribution < -0.4 is 5.32 Å². The Labute approximate surface area is 107 Å². The third kappa shape index (κ3) is 1.73. The van der Waals surface area contributed by atoms with Crippen molar-refractivity contribution < 1.29 is 0 Å². The number of rotatable bonds is 3. The summed E-state index contributed by atoms with van der Waals surface area (Å²) in [4.78, 5) is 0. The SMILES string of the molecule is CNC(c1cnnn1C)C1CCc2ccccc21. The average Bonchev–Trinajstić information content (AvgIpc) is 2.99. The minimum atomic E-state index is 0.286. The lowest BCUT2D eigenvalue weighted by Crippen LogP contribution is -2.25. The second kappa shape index (κ2) is 4.53. The van der Waals surface area contributed by atoms with E-state index >= 15 is 0 Å². The van der Waals surface area contributed by atoms with Crippen molar-refractivity contribution in [2.45, 2.75) is 24.8 Å². The van der Waals surface area contributed by atoms with E-state index in [-0.39, 0.29) is 6.04 Å². The molecule has 1 heterocycles. The molecule has 2 atom stereocenters. The Hall–Kier alpha value is -1.68. The highest BCUT2D eigenvalue weighted by molar-refractivity contribution is 5.37. The van der Waals surface area contributed by atoms with Crippen LogP contribution in [0, 0.1) is 0 Å². The first-order valence-corrected chi connectivity index (χ1v) is 6.41. The van der Waals surface area contributed by atoms with E-state index < -0.39 is 0 Å². The van der Waals surface area contributed by atoms with Crippen LogP contribution in [0.25, 0.3) is 0 Å². The van der Waals surface area contributed by atoms with Gasteiger partial charge in [0, 0.05) is 13.0 Å². The third-order valence-corrected chi connectivity index (χ3v) is 3.96. The normalized spacial score (nSPS) is 19.8. The van der Waals surface area contributed by atoms with Gasteiger partial charge in [0.05, 0.1) is 17.9 Å². The number of nitrogens with one attached hydrogen (secondary N) is 1. The molecular weight excluding hydrogens is 224 g/mol. The van der Waals surface area contributed by atoms with E-state index in [9.17, 15) is 0 Å². The largest absolute Gasteiger partial charge is 0.311 e.